The molecule has 2 aromatic rings. The molecule has 0 atom stereocenters. The van der Waals surface area contributed by atoms with Crippen LogP contribution in [0.1, 0.15) is 5.56 Å². The van der Waals surface area contributed by atoms with Crippen molar-refractivity contribution >= 4 is 5.82 Å². The van der Waals surface area contributed by atoms with Crippen LogP contribution in [0.4, 0.5) is 10.2 Å². The molecule has 0 fully saturated rings. The molecule has 0 saturated carbocycles. The summed E-state index contributed by atoms with van der Waals surface area (Å²) in [7, 11) is 3.00. The summed E-state index contributed by atoms with van der Waals surface area (Å²) in [6.45, 7) is 0. The van der Waals surface area contributed by atoms with Crippen LogP contribution in [0.2, 0.25) is 0 Å². The van der Waals surface area contributed by atoms with E-state index in [1.54, 1.807) is 13.1 Å². The van der Waals surface area contributed by atoms with Crippen molar-refractivity contribution < 1.29 is 9.13 Å². The largest absolute Gasteiger partial charge is 0.492 e. The molecule has 0 saturated heterocycles. The summed E-state index contributed by atoms with van der Waals surface area (Å²) < 4.78 is 20.1. The van der Waals surface area contributed by atoms with Crippen molar-refractivity contribution in [3.8, 4) is 23.1 Å². The van der Waals surface area contributed by atoms with Crippen LogP contribution in [0.3, 0.4) is 0 Å². The van der Waals surface area contributed by atoms with Gasteiger partial charge in [0, 0.05) is 18.7 Å². The van der Waals surface area contributed by atoms with Gasteiger partial charge in [-0.3, -0.25) is 4.68 Å². The third kappa shape index (κ3) is 1.86. The Morgan fingerprint density at radius 3 is 2.67 bits per heavy atom. The van der Waals surface area contributed by atoms with Gasteiger partial charge < -0.3 is 10.5 Å². The number of nitrogens with zero attached hydrogens (tertiary/aromatic N) is 3. The molecule has 1 aromatic heterocycles. The number of aryl methyl sites for hydroxylation is 1. The molecule has 0 bridgehead atoms. The van der Waals surface area contributed by atoms with Gasteiger partial charge in [-0.25, -0.2) is 4.39 Å². The number of nitrogen functional groups attached to an aromatic ring is 1. The molecule has 1 heterocycles. The lowest BCUT2D eigenvalue weighted by molar-refractivity contribution is 0.385. The van der Waals surface area contributed by atoms with E-state index in [4.69, 9.17) is 15.7 Å². The number of methoxy groups -OCH3 is 1. The van der Waals surface area contributed by atoms with Crippen LogP contribution >= 0.6 is 0 Å². The van der Waals surface area contributed by atoms with Crippen LogP contribution in [-0.4, -0.2) is 16.9 Å². The summed E-state index contributed by atoms with van der Waals surface area (Å²) in [6.07, 6.45) is 0. The standard InChI is InChI=1S/C12H11FN4O/c1-17-11(15)5-10(16-17)7-3-8(6-14)12(18-2)9(13)4-7/h3-5H,15H2,1-2H3. The highest BCUT2D eigenvalue weighted by Gasteiger charge is 2.14. The minimum Gasteiger partial charge on any atom is -0.492 e. The van der Waals surface area contributed by atoms with Gasteiger partial charge in [0.05, 0.1) is 18.4 Å². The smallest absolute Gasteiger partial charge is 0.172 e. The number of nitrogens with two attached hydrogens (primary N) is 1. The van der Waals surface area contributed by atoms with Crippen LogP contribution in [0.5, 0.6) is 5.75 Å². The van der Waals surface area contributed by atoms with Crippen LogP contribution in [0.25, 0.3) is 11.3 Å². The lowest BCUT2D eigenvalue weighted by Gasteiger charge is -2.05. The fourth-order valence-corrected chi connectivity index (χ4v) is 1.65. The molecule has 6 heteroatoms. The number of benzene rings is 1. The molecule has 1 aromatic carbocycles. The topological polar surface area (TPSA) is 76.9 Å². The SMILES string of the molecule is COc1c(F)cc(-c2cc(N)n(C)n2)cc1C#N. The van der Waals surface area contributed by atoms with Crippen molar-refractivity contribution in [2.24, 2.45) is 7.05 Å². The maximum Gasteiger partial charge on any atom is 0.172 e. The van der Waals surface area contributed by atoms with Gasteiger partial charge in [0.1, 0.15) is 11.9 Å². The van der Waals surface area contributed by atoms with E-state index in [9.17, 15) is 4.39 Å². The molecule has 0 radical (unpaired) electrons. The van der Waals surface area contributed by atoms with Crippen LogP contribution < -0.4 is 10.5 Å². The Hall–Kier alpha value is -2.55. The van der Waals surface area contributed by atoms with Crippen molar-refractivity contribution in [1.29, 1.82) is 5.26 Å². The zero-order valence-corrected chi connectivity index (χ0v) is 9.94. The molecule has 0 amide bonds. The number of halogens is 1. The summed E-state index contributed by atoms with van der Waals surface area (Å²) in [5.74, 6) is -0.208. The van der Waals surface area contributed by atoms with Gasteiger partial charge in [0.15, 0.2) is 11.6 Å². The first-order valence-corrected chi connectivity index (χ1v) is 5.14. The maximum absolute atomic E-state index is 13.7. The number of aromatic nitrogens is 2. The summed E-state index contributed by atoms with van der Waals surface area (Å²) in [5.41, 5.74) is 6.77. The zero-order valence-electron chi connectivity index (χ0n) is 9.94. The first kappa shape index (κ1) is 11.9. The first-order chi connectivity index (χ1) is 8.56. The molecule has 5 nitrogen and oxygen atoms in total. The lowest BCUT2D eigenvalue weighted by Crippen LogP contribution is -1.97. The summed E-state index contributed by atoms with van der Waals surface area (Å²) in [4.78, 5) is 0. The van der Waals surface area contributed by atoms with E-state index < -0.39 is 5.82 Å². The van der Waals surface area contributed by atoms with Crippen molar-refractivity contribution in [2.75, 3.05) is 12.8 Å². The highest BCUT2D eigenvalue weighted by atomic mass is 19.1. The monoisotopic (exact) mass is 246 g/mol. The minimum atomic E-state index is -0.601. The fourth-order valence-electron chi connectivity index (χ4n) is 1.65. The van der Waals surface area contributed by atoms with E-state index >= 15 is 0 Å². The van der Waals surface area contributed by atoms with Crippen molar-refractivity contribution in [3.05, 3.63) is 29.6 Å². The molecular formula is C12H11FN4O. The van der Waals surface area contributed by atoms with Gasteiger partial charge in [-0.2, -0.15) is 10.4 Å². The van der Waals surface area contributed by atoms with Crippen LogP contribution in [0.15, 0.2) is 18.2 Å². The predicted octanol–water partition coefficient (Wildman–Crippen LogP) is 1.69. The van der Waals surface area contributed by atoms with Crippen LogP contribution in [0, 0.1) is 17.1 Å². The minimum absolute atomic E-state index is 0.0647. The molecule has 0 unspecified atom stereocenters. The number of ether oxygens (including phenoxy) is 1. The Morgan fingerprint density at radius 1 is 1.44 bits per heavy atom. The number of hydrogen-bond donors (Lipinski definition) is 1. The van der Waals surface area contributed by atoms with Gasteiger partial charge in [0.2, 0.25) is 0 Å². The highest BCUT2D eigenvalue weighted by molar-refractivity contribution is 5.66. The third-order valence-electron chi connectivity index (χ3n) is 2.58. The molecule has 2 N–H and O–H groups in total. The normalized spacial score (nSPS) is 10.1. The quantitative estimate of drug-likeness (QED) is 0.874. The van der Waals surface area contributed by atoms with Gasteiger partial charge in [-0.15, -0.1) is 0 Å². The van der Waals surface area contributed by atoms with Gasteiger partial charge >= 0.3 is 0 Å². The van der Waals surface area contributed by atoms with E-state index in [0.717, 1.165) is 0 Å². The average Bonchev–Trinajstić information content (AvgIpc) is 2.68. The number of rotatable bonds is 2. The Kier molecular flexibility index (Phi) is 2.90. The molecule has 92 valence electrons. The van der Waals surface area contributed by atoms with Gasteiger partial charge in [-0.05, 0) is 12.1 Å². The van der Waals surface area contributed by atoms with E-state index in [-0.39, 0.29) is 11.3 Å². The van der Waals surface area contributed by atoms with Crippen molar-refractivity contribution in [2.45, 2.75) is 0 Å². The Labute approximate surface area is 103 Å². The predicted molar refractivity (Wildman–Crippen MR) is 64.3 cm³/mol. The van der Waals surface area contributed by atoms with Crippen molar-refractivity contribution in [3.63, 3.8) is 0 Å². The Bertz CT molecular complexity index is 623. The molecule has 2 rings (SSSR count). The molecule has 0 aliphatic heterocycles. The number of anilines is 1. The maximum atomic E-state index is 13.7. The van der Waals surface area contributed by atoms with E-state index in [0.29, 0.717) is 17.1 Å². The molecule has 0 spiro atoms. The Balaban J connectivity index is 2.60. The number of nitriles is 1. The van der Waals surface area contributed by atoms with E-state index in [1.165, 1.54) is 23.9 Å². The molecule has 0 aliphatic carbocycles. The van der Waals surface area contributed by atoms with E-state index in [2.05, 4.69) is 5.10 Å². The van der Waals surface area contributed by atoms with Crippen molar-refractivity contribution in [1.82, 2.24) is 9.78 Å². The second kappa shape index (κ2) is 4.37. The summed E-state index contributed by atoms with van der Waals surface area (Å²) in [6, 6.07) is 6.28. The first-order valence-electron chi connectivity index (χ1n) is 5.14. The second-order valence-electron chi connectivity index (χ2n) is 3.73. The molecule has 18 heavy (non-hydrogen) atoms. The lowest BCUT2D eigenvalue weighted by atomic mass is 10.1. The fraction of sp³-hybridized carbons (Fsp3) is 0.167. The van der Waals surface area contributed by atoms with Gasteiger partial charge in [0.25, 0.3) is 0 Å². The second-order valence-corrected chi connectivity index (χ2v) is 3.73. The van der Waals surface area contributed by atoms with Crippen LogP contribution in [-0.2, 0) is 7.05 Å². The zero-order chi connectivity index (χ0) is 13.3. The van der Waals surface area contributed by atoms with Gasteiger partial charge in [-0.1, -0.05) is 0 Å². The third-order valence-corrected chi connectivity index (χ3v) is 2.58. The Morgan fingerprint density at radius 2 is 2.17 bits per heavy atom. The summed E-state index contributed by atoms with van der Waals surface area (Å²) >= 11 is 0. The average molecular weight is 246 g/mol. The summed E-state index contributed by atoms with van der Waals surface area (Å²) in [5, 5.41) is 13.1. The highest BCUT2D eigenvalue weighted by Crippen LogP contribution is 2.29. The van der Waals surface area contributed by atoms with E-state index in [1.807, 2.05) is 6.07 Å². The molecule has 0 aliphatic rings. The molecular weight excluding hydrogens is 235 g/mol. The number of hydrogen-bond acceptors (Lipinski definition) is 4.